The third kappa shape index (κ3) is 6.54. The van der Waals surface area contributed by atoms with Crippen molar-refractivity contribution < 1.29 is 14.0 Å². The summed E-state index contributed by atoms with van der Waals surface area (Å²) in [7, 11) is 0. The first kappa shape index (κ1) is 23.3. The van der Waals surface area contributed by atoms with Gasteiger partial charge in [0.25, 0.3) is 11.1 Å². The molecule has 1 unspecified atom stereocenters. The van der Waals surface area contributed by atoms with Gasteiger partial charge in [-0.1, -0.05) is 44.9 Å². The summed E-state index contributed by atoms with van der Waals surface area (Å²) in [6, 6.07) is -0.398. The van der Waals surface area contributed by atoms with Crippen molar-refractivity contribution in [1.82, 2.24) is 20.0 Å². The van der Waals surface area contributed by atoms with Crippen molar-refractivity contribution in [2.24, 2.45) is 5.92 Å². The predicted octanol–water partition coefficient (Wildman–Crippen LogP) is 4.04. The first-order valence-corrected chi connectivity index (χ1v) is 12.5. The van der Waals surface area contributed by atoms with Crippen LogP contribution in [0.1, 0.15) is 82.3 Å². The van der Waals surface area contributed by atoms with Crippen LogP contribution < -0.4 is 0 Å². The lowest BCUT2D eigenvalue weighted by Gasteiger charge is -2.36. The van der Waals surface area contributed by atoms with Gasteiger partial charge in [0.05, 0.1) is 0 Å². The Morgan fingerprint density at radius 1 is 1.20 bits per heavy atom. The highest BCUT2D eigenvalue weighted by molar-refractivity contribution is 7.99. The minimum atomic E-state index is -0.529. The molecule has 2 aliphatic rings. The minimum Gasteiger partial charge on any atom is -0.408 e. The lowest BCUT2D eigenvalue weighted by molar-refractivity contribution is -0.122. The number of ketones is 1. The van der Waals surface area contributed by atoms with Gasteiger partial charge in [-0.15, -0.1) is 10.2 Å². The van der Waals surface area contributed by atoms with Gasteiger partial charge in [-0.2, -0.15) is 0 Å². The van der Waals surface area contributed by atoms with E-state index in [1.165, 1.54) is 44.1 Å². The molecule has 1 aromatic heterocycles. The lowest BCUT2D eigenvalue weighted by atomic mass is 9.91. The Labute approximate surface area is 184 Å². The van der Waals surface area contributed by atoms with Crippen molar-refractivity contribution in [3.8, 4) is 0 Å². The lowest BCUT2D eigenvalue weighted by Crippen LogP contribution is -2.48. The average molecular weight is 437 g/mol. The van der Waals surface area contributed by atoms with Gasteiger partial charge in [0, 0.05) is 11.8 Å². The van der Waals surface area contributed by atoms with Crippen molar-refractivity contribution >= 4 is 24.0 Å². The summed E-state index contributed by atoms with van der Waals surface area (Å²) in [5, 5.41) is 8.54. The Morgan fingerprint density at radius 3 is 2.60 bits per heavy atom. The molecular formula is C22H36N4O3S. The van der Waals surface area contributed by atoms with Crippen molar-refractivity contribution in [1.29, 1.82) is 0 Å². The van der Waals surface area contributed by atoms with Gasteiger partial charge in [-0.3, -0.25) is 9.59 Å². The Kier molecular flexibility index (Phi) is 9.18. The number of amides is 1. The summed E-state index contributed by atoms with van der Waals surface area (Å²) in [5.41, 5.74) is 0. The quantitative estimate of drug-likeness (QED) is 0.212. The van der Waals surface area contributed by atoms with E-state index < -0.39 is 6.04 Å². The highest BCUT2D eigenvalue weighted by Gasteiger charge is 2.35. The van der Waals surface area contributed by atoms with Gasteiger partial charge in [0.1, 0.15) is 6.04 Å². The minimum absolute atomic E-state index is 0.0327. The molecule has 168 valence electrons. The molecule has 1 aliphatic heterocycles. The number of thioether (sulfide) groups is 1. The Balaban J connectivity index is 1.58. The second-order valence-electron chi connectivity index (χ2n) is 8.98. The van der Waals surface area contributed by atoms with Crippen molar-refractivity contribution in [2.75, 3.05) is 25.4 Å². The largest absolute Gasteiger partial charge is 0.408 e. The maximum atomic E-state index is 13.2. The van der Waals surface area contributed by atoms with Gasteiger partial charge in [0.15, 0.2) is 0 Å². The number of nitrogens with zero attached hydrogens (tertiary/aromatic N) is 4. The number of hydrogen-bond donors (Lipinski definition) is 0. The van der Waals surface area contributed by atoms with E-state index in [0.29, 0.717) is 11.6 Å². The van der Waals surface area contributed by atoms with Crippen LogP contribution in [0, 0.1) is 5.92 Å². The smallest absolute Gasteiger partial charge is 0.286 e. The summed E-state index contributed by atoms with van der Waals surface area (Å²) in [6.45, 7) is 7.64. The van der Waals surface area contributed by atoms with E-state index in [1.54, 1.807) is 4.90 Å². The third-order valence-electron chi connectivity index (χ3n) is 6.14. The third-order valence-corrected chi connectivity index (χ3v) is 7.04. The summed E-state index contributed by atoms with van der Waals surface area (Å²) < 4.78 is 5.70. The summed E-state index contributed by atoms with van der Waals surface area (Å²) in [6.07, 6.45) is 10.5. The molecule has 0 radical (unpaired) electrons. The van der Waals surface area contributed by atoms with E-state index in [9.17, 15) is 9.59 Å². The molecule has 8 heteroatoms. The Morgan fingerprint density at radius 2 is 1.93 bits per heavy atom. The van der Waals surface area contributed by atoms with Gasteiger partial charge in [0.2, 0.25) is 12.2 Å². The van der Waals surface area contributed by atoms with Crippen molar-refractivity contribution in [2.45, 2.75) is 88.9 Å². The van der Waals surface area contributed by atoms with Crippen LogP contribution in [0.25, 0.3) is 0 Å². The Bertz CT molecular complexity index is 669. The molecule has 2 heterocycles. The van der Waals surface area contributed by atoms with Gasteiger partial charge >= 0.3 is 0 Å². The van der Waals surface area contributed by atoms with E-state index >= 15 is 0 Å². The maximum Gasteiger partial charge on any atom is 0.286 e. The number of aromatic nitrogens is 2. The molecular weight excluding hydrogens is 400 g/mol. The standard InChI is InChI=1S/C22H36N4O3S/c1-17(2)15-19(26(16-27)18-9-4-3-5-10-18)20(28)21-23-24-22(29-21)30-14-8-13-25-11-6-7-12-25/h16-19H,3-15H2,1-2H3. The fourth-order valence-corrected chi connectivity index (χ4v) is 5.25. The van der Waals surface area contributed by atoms with Crippen LogP contribution in [0.5, 0.6) is 0 Å². The van der Waals surface area contributed by atoms with Crippen LogP contribution in [0.3, 0.4) is 0 Å². The SMILES string of the molecule is CC(C)CC(C(=O)c1nnc(SCCCN2CCCC2)o1)N(C=O)C1CCCCC1. The zero-order valence-electron chi connectivity index (χ0n) is 18.4. The van der Waals surface area contributed by atoms with Crippen molar-refractivity contribution in [3.63, 3.8) is 0 Å². The highest BCUT2D eigenvalue weighted by Crippen LogP contribution is 2.27. The van der Waals surface area contributed by atoms with Crippen LogP contribution in [-0.2, 0) is 4.79 Å². The summed E-state index contributed by atoms with van der Waals surface area (Å²) >= 11 is 1.51. The second kappa shape index (κ2) is 11.8. The summed E-state index contributed by atoms with van der Waals surface area (Å²) in [4.78, 5) is 29.4. The fourth-order valence-electron chi connectivity index (χ4n) is 4.57. The predicted molar refractivity (Wildman–Crippen MR) is 118 cm³/mol. The monoisotopic (exact) mass is 436 g/mol. The number of carbonyl (C=O) groups excluding carboxylic acids is 2. The van der Waals surface area contributed by atoms with Crippen LogP contribution in [0.15, 0.2) is 9.64 Å². The highest BCUT2D eigenvalue weighted by atomic mass is 32.2. The molecule has 7 nitrogen and oxygen atoms in total. The van der Waals surface area contributed by atoms with E-state index in [2.05, 4.69) is 28.9 Å². The van der Waals surface area contributed by atoms with Crippen LogP contribution in [0.2, 0.25) is 0 Å². The van der Waals surface area contributed by atoms with Crippen LogP contribution in [-0.4, -0.2) is 69.7 Å². The number of rotatable bonds is 12. The van der Waals surface area contributed by atoms with Crippen molar-refractivity contribution in [3.05, 3.63) is 5.89 Å². The fraction of sp³-hybridized carbons (Fsp3) is 0.818. The molecule has 1 saturated heterocycles. The number of carbonyl (C=O) groups is 2. The molecule has 1 saturated carbocycles. The molecule has 0 aromatic carbocycles. The summed E-state index contributed by atoms with van der Waals surface area (Å²) in [5.74, 6) is 0.986. The van der Waals surface area contributed by atoms with Gasteiger partial charge in [-0.25, -0.2) is 0 Å². The molecule has 1 aliphatic carbocycles. The number of hydrogen-bond acceptors (Lipinski definition) is 7. The molecule has 1 atom stereocenters. The average Bonchev–Trinajstić information content (AvgIpc) is 3.43. The molecule has 2 fully saturated rings. The topological polar surface area (TPSA) is 79.5 Å². The molecule has 30 heavy (non-hydrogen) atoms. The maximum absolute atomic E-state index is 13.2. The van der Waals surface area contributed by atoms with E-state index in [1.807, 2.05) is 0 Å². The number of likely N-dealkylation sites (tertiary alicyclic amines) is 1. The van der Waals surface area contributed by atoms with Gasteiger partial charge < -0.3 is 14.2 Å². The molecule has 1 amide bonds. The Hall–Kier alpha value is -1.41. The van der Waals surface area contributed by atoms with Crippen LogP contribution in [0.4, 0.5) is 0 Å². The normalized spacial score (nSPS) is 19.3. The van der Waals surface area contributed by atoms with E-state index in [4.69, 9.17) is 4.42 Å². The molecule has 3 rings (SSSR count). The molecule has 0 spiro atoms. The van der Waals surface area contributed by atoms with Gasteiger partial charge in [-0.05, 0) is 64.1 Å². The molecule has 0 bridgehead atoms. The molecule has 1 aromatic rings. The molecule has 0 N–H and O–H groups in total. The first-order valence-electron chi connectivity index (χ1n) is 11.5. The van der Waals surface area contributed by atoms with E-state index in [0.717, 1.165) is 50.8 Å². The number of Topliss-reactive ketones (excluding diaryl/α,β-unsaturated/α-hetero) is 1. The van der Waals surface area contributed by atoms with Crippen LogP contribution >= 0.6 is 11.8 Å². The second-order valence-corrected chi connectivity index (χ2v) is 10.0. The first-order chi connectivity index (χ1) is 14.6. The van der Waals surface area contributed by atoms with E-state index in [-0.39, 0.29) is 23.6 Å². The zero-order valence-corrected chi connectivity index (χ0v) is 19.2. The zero-order chi connectivity index (χ0) is 21.3.